The number of fused-ring (bicyclic) bond motifs is 1. The minimum Gasteiger partial charge on any atom is -0.505 e. The summed E-state index contributed by atoms with van der Waals surface area (Å²) in [5.74, 6) is -0.749. The third-order valence-electron chi connectivity index (χ3n) is 4.03. The number of aryl methyl sites for hydroxylation is 1. The summed E-state index contributed by atoms with van der Waals surface area (Å²) in [4.78, 5) is 11.1. The van der Waals surface area contributed by atoms with Crippen molar-refractivity contribution in [2.75, 3.05) is 5.32 Å². The van der Waals surface area contributed by atoms with E-state index in [1.807, 2.05) is 25.1 Å². The number of carbonyl (C=O) groups excluding carboxylic acids is 1. The molecular formula is C19H17N3O5S. The zero-order valence-electron chi connectivity index (χ0n) is 15.0. The van der Waals surface area contributed by atoms with Crippen LogP contribution in [0.25, 0.3) is 10.8 Å². The van der Waals surface area contributed by atoms with Crippen molar-refractivity contribution in [3.8, 4) is 5.75 Å². The summed E-state index contributed by atoms with van der Waals surface area (Å²) in [7, 11) is -4.50. The molecule has 9 heteroatoms. The van der Waals surface area contributed by atoms with Crippen LogP contribution >= 0.6 is 0 Å². The summed E-state index contributed by atoms with van der Waals surface area (Å²) in [6, 6.07) is 12.6. The Hall–Kier alpha value is -3.30. The molecule has 0 aliphatic carbocycles. The van der Waals surface area contributed by atoms with E-state index >= 15 is 0 Å². The van der Waals surface area contributed by atoms with Gasteiger partial charge in [0.1, 0.15) is 5.69 Å². The zero-order valence-corrected chi connectivity index (χ0v) is 15.9. The van der Waals surface area contributed by atoms with Gasteiger partial charge in [-0.2, -0.15) is 13.5 Å². The summed E-state index contributed by atoms with van der Waals surface area (Å²) in [6.07, 6.45) is 0. The summed E-state index contributed by atoms with van der Waals surface area (Å²) in [6.45, 7) is 3.12. The van der Waals surface area contributed by atoms with Gasteiger partial charge in [-0.1, -0.05) is 24.3 Å². The summed E-state index contributed by atoms with van der Waals surface area (Å²) in [5.41, 5.74) is 1.71. The predicted octanol–water partition coefficient (Wildman–Crippen LogP) is 4.47. The monoisotopic (exact) mass is 399 g/mol. The van der Waals surface area contributed by atoms with Gasteiger partial charge in [-0.25, -0.2) is 0 Å². The van der Waals surface area contributed by atoms with Crippen molar-refractivity contribution in [3.05, 3.63) is 54.1 Å². The first kappa shape index (κ1) is 19.5. The topological polar surface area (TPSA) is 128 Å². The molecule has 3 aromatic rings. The average molecular weight is 399 g/mol. The van der Waals surface area contributed by atoms with Crippen LogP contribution in [0.4, 0.5) is 17.1 Å². The first-order chi connectivity index (χ1) is 13.2. The standard InChI is InChI=1S/C19H17N3O5S/c1-11-5-3-4-6-15(11)21-22-16-8-7-13-9-14(28(25,26)27)10-17(20-12(2)23)18(13)19(16)24/h3-10,24H,1-2H3,(H,20,23)(H,25,26,27). The van der Waals surface area contributed by atoms with Gasteiger partial charge >= 0.3 is 0 Å². The Morgan fingerprint density at radius 3 is 2.36 bits per heavy atom. The van der Waals surface area contributed by atoms with Gasteiger partial charge in [0, 0.05) is 12.3 Å². The van der Waals surface area contributed by atoms with Crippen LogP contribution in [-0.4, -0.2) is 24.0 Å². The molecule has 8 nitrogen and oxygen atoms in total. The van der Waals surface area contributed by atoms with Gasteiger partial charge in [-0.3, -0.25) is 9.35 Å². The first-order valence-electron chi connectivity index (χ1n) is 8.19. The highest BCUT2D eigenvalue weighted by Gasteiger charge is 2.18. The number of hydrogen-bond donors (Lipinski definition) is 3. The largest absolute Gasteiger partial charge is 0.505 e. The van der Waals surface area contributed by atoms with Gasteiger partial charge in [-0.15, -0.1) is 5.11 Å². The highest BCUT2D eigenvalue weighted by Crippen LogP contribution is 2.41. The van der Waals surface area contributed by atoms with Crippen LogP contribution in [0.5, 0.6) is 5.75 Å². The van der Waals surface area contributed by atoms with Crippen LogP contribution in [0.2, 0.25) is 0 Å². The lowest BCUT2D eigenvalue weighted by Crippen LogP contribution is -2.08. The third kappa shape index (κ3) is 4.00. The molecule has 3 aromatic carbocycles. The second-order valence-electron chi connectivity index (χ2n) is 6.14. The fraction of sp³-hybridized carbons (Fsp3) is 0.105. The molecule has 0 fully saturated rings. The fourth-order valence-corrected chi connectivity index (χ4v) is 3.25. The fourth-order valence-electron chi connectivity index (χ4n) is 2.71. The van der Waals surface area contributed by atoms with Crippen molar-refractivity contribution in [2.24, 2.45) is 10.2 Å². The number of rotatable bonds is 4. The van der Waals surface area contributed by atoms with E-state index in [1.165, 1.54) is 25.1 Å². The van der Waals surface area contributed by atoms with Gasteiger partial charge < -0.3 is 10.4 Å². The molecule has 3 N–H and O–H groups in total. The lowest BCUT2D eigenvalue weighted by atomic mass is 10.1. The van der Waals surface area contributed by atoms with E-state index in [4.69, 9.17) is 0 Å². The molecule has 0 saturated heterocycles. The number of amides is 1. The molecule has 0 spiro atoms. The molecule has 0 aromatic heterocycles. The van der Waals surface area contributed by atoms with Crippen LogP contribution in [0.1, 0.15) is 12.5 Å². The quantitative estimate of drug-likeness (QED) is 0.440. The molecule has 3 rings (SSSR count). The molecule has 0 aliphatic rings. The molecule has 0 saturated carbocycles. The Labute approximate surface area is 161 Å². The van der Waals surface area contributed by atoms with Crippen LogP contribution < -0.4 is 5.32 Å². The number of anilines is 1. The summed E-state index contributed by atoms with van der Waals surface area (Å²) >= 11 is 0. The van der Waals surface area contributed by atoms with Gasteiger partial charge in [-0.05, 0) is 42.1 Å². The molecule has 28 heavy (non-hydrogen) atoms. The Kier molecular flexibility index (Phi) is 5.12. The molecule has 0 radical (unpaired) electrons. The SMILES string of the molecule is CC(=O)Nc1cc(S(=O)(=O)O)cc2ccc(N=Nc3ccccc3C)c(O)c12. The van der Waals surface area contributed by atoms with Crippen LogP contribution in [0.3, 0.4) is 0 Å². The van der Waals surface area contributed by atoms with Crippen molar-refractivity contribution in [1.29, 1.82) is 0 Å². The summed E-state index contributed by atoms with van der Waals surface area (Å²) < 4.78 is 32.3. The van der Waals surface area contributed by atoms with Crippen LogP contribution in [0, 0.1) is 6.92 Å². The number of carbonyl (C=O) groups is 1. The molecule has 0 bridgehead atoms. The number of phenolic OH excluding ortho intramolecular Hbond substituents is 1. The molecule has 0 heterocycles. The van der Waals surface area contributed by atoms with Crippen molar-refractivity contribution >= 4 is 43.9 Å². The Balaban J connectivity index is 2.19. The van der Waals surface area contributed by atoms with E-state index in [9.17, 15) is 22.9 Å². The highest BCUT2D eigenvalue weighted by atomic mass is 32.2. The number of phenols is 1. The van der Waals surface area contributed by atoms with Crippen molar-refractivity contribution < 1.29 is 22.9 Å². The third-order valence-corrected chi connectivity index (χ3v) is 4.86. The molecule has 1 amide bonds. The number of hydrogen-bond acceptors (Lipinski definition) is 6. The predicted molar refractivity (Wildman–Crippen MR) is 105 cm³/mol. The second kappa shape index (κ2) is 7.37. The lowest BCUT2D eigenvalue weighted by Gasteiger charge is -2.12. The minimum absolute atomic E-state index is 0.0306. The normalized spacial score (nSPS) is 11.8. The minimum atomic E-state index is -4.50. The average Bonchev–Trinajstić information content (AvgIpc) is 2.61. The van der Waals surface area contributed by atoms with E-state index in [2.05, 4.69) is 15.5 Å². The lowest BCUT2D eigenvalue weighted by molar-refractivity contribution is -0.114. The van der Waals surface area contributed by atoms with E-state index in [0.717, 1.165) is 11.6 Å². The second-order valence-corrected chi connectivity index (χ2v) is 7.57. The smallest absolute Gasteiger partial charge is 0.294 e. The summed E-state index contributed by atoms with van der Waals surface area (Å²) in [5, 5.41) is 21.8. The highest BCUT2D eigenvalue weighted by molar-refractivity contribution is 7.85. The zero-order chi connectivity index (χ0) is 20.5. The van der Waals surface area contributed by atoms with E-state index in [1.54, 1.807) is 6.07 Å². The van der Waals surface area contributed by atoms with Crippen LogP contribution in [0.15, 0.2) is 63.7 Å². The number of nitrogens with zero attached hydrogens (tertiary/aromatic N) is 2. The maximum Gasteiger partial charge on any atom is 0.294 e. The molecule has 0 aliphatic heterocycles. The van der Waals surface area contributed by atoms with Gasteiger partial charge in [0.05, 0.1) is 16.3 Å². The maximum absolute atomic E-state index is 11.5. The van der Waals surface area contributed by atoms with Crippen LogP contribution in [-0.2, 0) is 14.9 Å². The Morgan fingerprint density at radius 2 is 1.71 bits per heavy atom. The van der Waals surface area contributed by atoms with E-state index in [0.29, 0.717) is 11.1 Å². The van der Waals surface area contributed by atoms with E-state index < -0.39 is 20.9 Å². The number of benzene rings is 3. The maximum atomic E-state index is 11.5. The number of azo groups is 1. The van der Waals surface area contributed by atoms with Crippen molar-refractivity contribution in [1.82, 2.24) is 0 Å². The van der Waals surface area contributed by atoms with E-state index in [-0.39, 0.29) is 22.5 Å². The number of nitrogens with one attached hydrogen (secondary N) is 1. The Morgan fingerprint density at radius 1 is 1.04 bits per heavy atom. The molecule has 0 unspecified atom stereocenters. The van der Waals surface area contributed by atoms with Gasteiger partial charge in [0.25, 0.3) is 10.1 Å². The Bertz CT molecular complexity index is 1220. The molecular weight excluding hydrogens is 382 g/mol. The van der Waals surface area contributed by atoms with Gasteiger partial charge in [0.2, 0.25) is 5.91 Å². The molecule has 144 valence electrons. The first-order valence-corrected chi connectivity index (χ1v) is 9.63. The number of aromatic hydroxyl groups is 1. The van der Waals surface area contributed by atoms with Crippen molar-refractivity contribution in [2.45, 2.75) is 18.7 Å². The molecule has 0 atom stereocenters. The van der Waals surface area contributed by atoms with Crippen molar-refractivity contribution in [3.63, 3.8) is 0 Å². The van der Waals surface area contributed by atoms with Gasteiger partial charge in [0.15, 0.2) is 5.75 Å².